The van der Waals surface area contributed by atoms with Crippen LogP contribution in [-0.2, 0) is 0 Å². The minimum atomic E-state index is -1.23. The number of rotatable bonds is 3. The summed E-state index contributed by atoms with van der Waals surface area (Å²) in [6.07, 6.45) is 0. The highest BCUT2D eigenvalue weighted by atomic mass is 35.5. The molecule has 0 saturated carbocycles. The molecule has 0 aromatic heterocycles. The first-order valence-corrected chi connectivity index (χ1v) is 6.83. The van der Waals surface area contributed by atoms with Gasteiger partial charge in [0.05, 0.1) is 5.69 Å². The van der Waals surface area contributed by atoms with Crippen LogP contribution in [0.15, 0.2) is 24.3 Å². The molecule has 0 fully saturated rings. The smallest absolute Gasteiger partial charge is 0.164 e. The average molecular weight is 333 g/mol. The third-order valence-electron chi connectivity index (χ3n) is 3.20. The number of nitrogens with one attached hydrogen (secondary N) is 1. The first kappa shape index (κ1) is 16.5. The molecule has 2 aromatic carbocycles. The lowest BCUT2D eigenvalue weighted by Gasteiger charge is -2.15. The van der Waals surface area contributed by atoms with Crippen molar-refractivity contribution in [3.8, 4) is 12.1 Å². The fourth-order valence-corrected chi connectivity index (χ4v) is 2.20. The van der Waals surface area contributed by atoms with E-state index >= 15 is 0 Å². The Morgan fingerprint density at radius 2 is 1.57 bits per heavy atom. The Balaban J connectivity index is 2.52. The van der Waals surface area contributed by atoms with Gasteiger partial charge in [-0.15, -0.1) is 0 Å². The van der Waals surface area contributed by atoms with Gasteiger partial charge in [0, 0.05) is 25.5 Å². The van der Waals surface area contributed by atoms with Crippen molar-refractivity contribution in [1.82, 2.24) is 0 Å². The molecule has 4 nitrogen and oxygen atoms in total. The standard InChI is InChI=1S/C16H11ClF2N4/c1-23(2)10-5-3-9(4-6-10)22-16-12(8-21)14(18)11(7-20)15(19)13(16)17/h3-6,22H,1-2H3. The summed E-state index contributed by atoms with van der Waals surface area (Å²) in [7, 11) is 3.75. The fourth-order valence-electron chi connectivity index (χ4n) is 1.97. The normalized spacial score (nSPS) is 9.87. The van der Waals surface area contributed by atoms with Crippen LogP contribution in [0.25, 0.3) is 0 Å². The van der Waals surface area contributed by atoms with Crippen LogP contribution in [0.4, 0.5) is 25.8 Å². The zero-order valence-corrected chi connectivity index (χ0v) is 13.0. The van der Waals surface area contributed by atoms with Crippen LogP contribution >= 0.6 is 11.6 Å². The summed E-state index contributed by atoms with van der Waals surface area (Å²) in [5.74, 6) is -2.43. The molecule has 0 aliphatic carbocycles. The van der Waals surface area contributed by atoms with Crippen molar-refractivity contribution in [2.24, 2.45) is 0 Å². The number of nitrogens with zero attached hydrogens (tertiary/aromatic N) is 3. The largest absolute Gasteiger partial charge is 0.378 e. The van der Waals surface area contributed by atoms with Gasteiger partial charge in [0.2, 0.25) is 0 Å². The minimum absolute atomic E-state index is 0.208. The lowest BCUT2D eigenvalue weighted by atomic mass is 10.1. The van der Waals surface area contributed by atoms with Crippen molar-refractivity contribution in [2.45, 2.75) is 0 Å². The minimum Gasteiger partial charge on any atom is -0.378 e. The predicted octanol–water partition coefficient (Wildman–Crippen LogP) is 4.17. The second kappa shape index (κ2) is 6.51. The van der Waals surface area contributed by atoms with E-state index in [0.29, 0.717) is 5.69 Å². The molecule has 0 radical (unpaired) electrons. The molecule has 2 aromatic rings. The molecular weight excluding hydrogens is 322 g/mol. The lowest BCUT2D eigenvalue weighted by molar-refractivity contribution is 0.576. The van der Waals surface area contributed by atoms with Gasteiger partial charge < -0.3 is 10.2 Å². The quantitative estimate of drug-likeness (QED) is 0.857. The van der Waals surface area contributed by atoms with Gasteiger partial charge in [0.15, 0.2) is 11.6 Å². The maximum Gasteiger partial charge on any atom is 0.164 e. The summed E-state index contributed by atoms with van der Waals surface area (Å²) >= 11 is 5.85. The molecule has 116 valence electrons. The molecule has 2 rings (SSSR count). The van der Waals surface area contributed by atoms with Crippen molar-refractivity contribution < 1.29 is 8.78 Å². The van der Waals surface area contributed by atoms with E-state index in [1.165, 1.54) is 6.07 Å². The SMILES string of the molecule is CN(C)c1ccc(Nc2c(Cl)c(F)c(C#N)c(F)c2C#N)cc1. The molecule has 0 amide bonds. The molecule has 0 spiro atoms. The number of nitriles is 2. The van der Waals surface area contributed by atoms with Crippen LogP contribution in [0.2, 0.25) is 5.02 Å². The van der Waals surface area contributed by atoms with E-state index in [-0.39, 0.29) is 5.69 Å². The zero-order valence-electron chi connectivity index (χ0n) is 12.3. The monoisotopic (exact) mass is 332 g/mol. The van der Waals surface area contributed by atoms with Crippen LogP contribution in [0.5, 0.6) is 0 Å². The first-order chi connectivity index (χ1) is 10.9. The predicted molar refractivity (Wildman–Crippen MR) is 84.8 cm³/mol. The van der Waals surface area contributed by atoms with E-state index in [1.807, 2.05) is 19.0 Å². The Labute approximate surface area is 137 Å². The molecule has 0 atom stereocenters. The van der Waals surface area contributed by atoms with Crippen molar-refractivity contribution in [2.75, 3.05) is 24.3 Å². The van der Waals surface area contributed by atoms with E-state index in [4.69, 9.17) is 22.1 Å². The summed E-state index contributed by atoms with van der Waals surface area (Å²) in [5, 5.41) is 20.1. The summed E-state index contributed by atoms with van der Waals surface area (Å²) < 4.78 is 28.0. The maximum absolute atomic E-state index is 14.1. The van der Waals surface area contributed by atoms with Gasteiger partial charge in [-0.3, -0.25) is 0 Å². The highest BCUT2D eigenvalue weighted by Gasteiger charge is 2.24. The summed E-state index contributed by atoms with van der Waals surface area (Å²) in [5.41, 5.74) is -0.165. The van der Waals surface area contributed by atoms with Crippen LogP contribution in [-0.4, -0.2) is 14.1 Å². The zero-order chi connectivity index (χ0) is 17.1. The van der Waals surface area contributed by atoms with E-state index in [9.17, 15) is 8.78 Å². The van der Waals surface area contributed by atoms with E-state index in [1.54, 1.807) is 30.3 Å². The molecule has 0 saturated heterocycles. The fraction of sp³-hybridized carbons (Fsp3) is 0.125. The number of hydrogen-bond donors (Lipinski definition) is 1. The van der Waals surface area contributed by atoms with Crippen molar-refractivity contribution in [3.63, 3.8) is 0 Å². The Hall–Kier alpha value is -2.83. The third kappa shape index (κ3) is 3.03. The Morgan fingerprint density at radius 1 is 1.00 bits per heavy atom. The lowest BCUT2D eigenvalue weighted by Crippen LogP contribution is -2.08. The van der Waals surface area contributed by atoms with Gasteiger partial charge >= 0.3 is 0 Å². The van der Waals surface area contributed by atoms with E-state index in [0.717, 1.165) is 5.69 Å². The second-order valence-corrected chi connectivity index (χ2v) is 5.23. The number of anilines is 3. The van der Waals surface area contributed by atoms with Gasteiger partial charge in [-0.1, -0.05) is 11.6 Å². The van der Waals surface area contributed by atoms with Crippen LogP contribution in [0.3, 0.4) is 0 Å². The van der Waals surface area contributed by atoms with Gasteiger partial charge in [-0.2, -0.15) is 10.5 Å². The van der Waals surface area contributed by atoms with Crippen LogP contribution in [0, 0.1) is 34.3 Å². The number of benzene rings is 2. The molecule has 0 aliphatic rings. The van der Waals surface area contributed by atoms with Gasteiger partial charge in [-0.05, 0) is 24.3 Å². The van der Waals surface area contributed by atoms with Crippen molar-refractivity contribution in [3.05, 3.63) is 52.0 Å². The Bertz CT molecular complexity index is 833. The highest BCUT2D eigenvalue weighted by molar-refractivity contribution is 6.34. The molecule has 0 heterocycles. The number of hydrogen-bond acceptors (Lipinski definition) is 4. The number of halogens is 3. The Kier molecular flexibility index (Phi) is 4.68. The average Bonchev–Trinajstić information content (AvgIpc) is 2.54. The molecule has 0 aliphatic heterocycles. The third-order valence-corrected chi connectivity index (χ3v) is 3.55. The van der Waals surface area contributed by atoms with Crippen LogP contribution < -0.4 is 10.2 Å². The summed E-state index contributed by atoms with van der Waals surface area (Å²) in [6, 6.07) is 9.92. The molecule has 7 heteroatoms. The molecule has 0 unspecified atom stereocenters. The topological polar surface area (TPSA) is 62.9 Å². The molecule has 0 bridgehead atoms. The maximum atomic E-state index is 14.1. The van der Waals surface area contributed by atoms with Gasteiger partial charge in [-0.25, -0.2) is 8.78 Å². The van der Waals surface area contributed by atoms with E-state index in [2.05, 4.69) is 5.32 Å². The molecule has 23 heavy (non-hydrogen) atoms. The van der Waals surface area contributed by atoms with Crippen LogP contribution in [0.1, 0.15) is 11.1 Å². The molecular formula is C16H11ClF2N4. The van der Waals surface area contributed by atoms with Gasteiger partial charge in [0.25, 0.3) is 0 Å². The summed E-state index contributed by atoms with van der Waals surface area (Å²) in [6.45, 7) is 0. The first-order valence-electron chi connectivity index (χ1n) is 6.45. The highest BCUT2D eigenvalue weighted by Crippen LogP contribution is 2.35. The van der Waals surface area contributed by atoms with E-state index < -0.39 is 27.8 Å². The van der Waals surface area contributed by atoms with Crippen molar-refractivity contribution in [1.29, 1.82) is 10.5 Å². The van der Waals surface area contributed by atoms with Gasteiger partial charge in [0.1, 0.15) is 28.3 Å². The Morgan fingerprint density at radius 3 is 2.04 bits per heavy atom. The summed E-state index contributed by atoms with van der Waals surface area (Å²) in [4.78, 5) is 1.89. The second-order valence-electron chi connectivity index (χ2n) is 4.86. The van der Waals surface area contributed by atoms with Crippen molar-refractivity contribution >= 4 is 28.7 Å². The molecule has 1 N–H and O–H groups in total.